The molecule has 0 aliphatic heterocycles. The van der Waals surface area contributed by atoms with Gasteiger partial charge in [-0.3, -0.25) is 4.79 Å². The molecule has 6 nitrogen and oxygen atoms in total. The highest BCUT2D eigenvalue weighted by Gasteiger charge is 2.38. The van der Waals surface area contributed by atoms with Crippen molar-refractivity contribution in [1.82, 2.24) is 0 Å². The van der Waals surface area contributed by atoms with Crippen molar-refractivity contribution in [1.29, 1.82) is 5.26 Å². The van der Waals surface area contributed by atoms with Crippen molar-refractivity contribution in [3.8, 4) is 11.8 Å². The summed E-state index contributed by atoms with van der Waals surface area (Å²) < 4.78 is 26.7. The molecule has 1 aromatic rings. The van der Waals surface area contributed by atoms with Crippen LogP contribution in [-0.2, 0) is 14.6 Å². The van der Waals surface area contributed by atoms with E-state index in [0.717, 1.165) is 6.26 Å². The Morgan fingerprint density at radius 1 is 1.45 bits per heavy atom. The van der Waals surface area contributed by atoms with Crippen molar-refractivity contribution in [3.63, 3.8) is 0 Å². The van der Waals surface area contributed by atoms with E-state index in [0.29, 0.717) is 11.4 Å². The predicted octanol–water partition coefficient (Wildman–Crippen LogP) is 1.35. The first-order valence-corrected chi connectivity index (χ1v) is 7.68. The van der Waals surface area contributed by atoms with Crippen molar-refractivity contribution >= 4 is 21.4 Å². The lowest BCUT2D eigenvalue weighted by Gasteiger charge is -2.21. The summed E-state index contributed by atoms with van der Waals surface area (Å²) in [5, 5.41) is 11.0. The van der Waals surface area contributed by atoms with Gasteiger partial charge < -0.3 is 10.1 Å². The first-order chi connectivity index (χ1) is 9.18. The van der Waals surface area contributed by atoms with Gasteiger partial charge in [-0.25, -0.2) is 8.42 Å². The molecule has 0 saturated heterocycles. The molecule has 0 spiro atoms. The van der Waals surface area contributed by atoms with Crippen LogP contribution >= 0.6 is 0 Å². The van der Waals surface area contributed by atoms with E-state index in [2.05, 4.69) is 5.32 Å². The standard InChI is InChI=1S/C13H16N2O4S/c1-13(2,20(3,17)18)12(16)15-10-5-4-6-11(9-10)19-8-7-14/h4-6,9H,8H2,1-3H3,(H,15,16). The van der Waals surface area contributed by atoms with Crippen molar-refractivity contribution in [2.75, 3.05) is 18.2 Å². The lowest BCUT2D eigenvalue weighted by Crippen LogP contribution is -2.43. The monoisotopic (exact) mass is 296 g/mol. The third kappa shape index (κ3) is 3.71. The number of nitriles is 1. The van der Waals surface area contributed by atoms with Crippen LogP contribution in [0.2, 0.25) is 0 Å². The van der Waals surface area contributed by atoms with Gasteiger partial charge in [0.15, 0.2) is 16.4 Å². The molecule has 0 aliphatic carbocycles. The number of benzene rings is 1. The summed E-state index contributed by atoms with van der Waals surface area (Å²) in [5.41, 5.74) is 0.405. The van der Waals surface area contributed by atoms with E-state index in [9.17, 15) is 13.2 Å². The zero-order valence-corrected chi connectivity index (χ0v) is 12.3. The van der Waals surface area contributed by atoms with Gasteiger partial charge in [-0.05, 0) is 26.0 Å². The molecule has 20 heavy (non-hydrogen) atoms. The van der Waals surface area contributed by atoms with Crippen LogP contribution in [0.3, 0.4) is 0 Å². The Morgan fingerprint density at radius 2 is 2.10 bits per heavy atom. The van der Waals surface area contributed by atoms with Gasteiger partial charge in [0.25, 0.3) is 0 Å². The molecule has 1 amide bonds. The topological polar surface area (TPSA) is 96.3 Å². The molecular formula is C13H16N2O4S. The summed E-state index contributed by atoms with van der Waals surface area (Å²) in [6, 6.07) is 8.23. The van der Waals surface area contributed by atoms with Crippen molar-refractivity contribution in [3.05, 3.63) is 24.3 Å². The fraction of sp³-hybridized carbons (Fsp3) is 0.385. The molecule has 0 bridgehead atoms. The fourth-order valence-corrected chi connectivity index (χ4v) is 1.62. The SMILES string of the molecule is CC(C)(C(=O)Nc1cccc(OCC#N)c1)S(C)(=O)=O. The van der Waals surface area contributed by atoms with Crippen LogP contribution < -0.4 is 10.1 Å². The Morgan fingerprint density at radius 3 is 2.65 bits per heavy atom. The summed E-state index contributed by atoms with van der Waals surface area (Å²) in [5.74, 6) is -0.209. The summed E-state index contributed by atoms with van der Waals surface area (Å²) in [4.78, 5) is 12.0. The van der Waals surface area contributed by atoms with E-state index < -0.39 is 20.5 Å². The van der Waals surface area contributed by atoms with E-state index >= 15 is 0 Å². The number of anilines is 1. The second-order valence-electron chi connectivity index (χ2n) is 4.71. The lowest BCUT2D eigenvalue weighted by atomic mass is 10.2. The van der Waals surface area contributed by atoms with E-state index in [1.54, 1.807) is 18.2 Å². The van der Waals surface area contributed by atoms with Crippen LogP contribution in [0.15, 0.2) is 24.3 Å². The number of carbonyl (C=O) groups is 1. The Hall–Kier alpha value is -2.07. The van der Waals surface area contributed by atoms with E-state index in [4.69, 9.17) is 10.00 Å². The summed E-state index contributed by atoms with van der Waals surface area (Å²) in [6.45, 7) is 2.58. The first-order valence-electron chi connectivity index (χ1n) is 5.79. The van der Waals surface area contributed by atoms with Crippen LogP contribution in [-0.4, -0.2) is 31.9 Å². The van der Waals surface area contributed by atoms with Gasteiger partial charge in [0, 0.05) is 18.0 Å². The molecule has 0 unspecified atom stereocenters. The van der Waals surface area contributed by atoms with Crippen LogP contribution in [0.5, 0.6) is 5.75 Å². The van der Waals surface area contributed by atoms with Gasteiger partial charge in [0.2, 0.25) is 5.91 Å². The Bertz CT molecular complexity index is 645. The number of rotatable bonds is 5. The van der Waals surface area contributed by atoms with Gasteiger partial charge in [-0.2, -0.15) is 5.26 Å². The minimum Gasteiger partial charge on any atom is -0.479 e. The molecule has 1 rings (SSSR count). The highest BCUT2D eigenvalue weighted by Crippen LogP contribution is 2.21. The van der Waals surface area contributed by atoms with Gasteiger partial charge in [0.1, 0.15) is 16.6 Å². The van der Waals surface area contributed by atoms with Crippen LogP contribution in [0, 0.1) is 11.3 Å². The quantitative estimate of drug-likeness (QED) is 0.884. The molecule has 0 aromatic heterocycles. The number of hydrogen-bond acceptors (Lipinski definition) is 5. The smallest absolute Gasteiger partial charge is 0.245 e. The second-order valence-corrected chi connectivity index (χ2v) is 7.28. The normalized spacial score (nSPS) is 11.5. The number of nitrogens with zero attached hydrogens (tertiary/aromatic N) is 1. The highest BCUT2D eigenvalue weighted by atomic mass is 32.2. The summed E-state index contributed by atoms with van der Waals surface area (Å²) in [6.07, 6.45) is 1.01. The Labute approximate surface area is 118 Å². The minimum atomic E-state index is -3.53. The molecular weight excluding hydrogens is 280 g/mol. The van der Waals surface area contributed by atoms with Crippen LogP contribution in [0.25, 0.3) is 0 Å². The van der Waals surface area contributed by atoms with Gasteiger partial charge in [0.05, 0.1) is 0 Å². The van der Waals surface area contributed by atoms with Crippen molar-refractivity contribution < 1.29 is 17.9 Å². The molecule has 108 valence electrons. The number of amides is 1. The molecule has 1 aromatic carbocycles. The second kappa shape index (κ2) is 5.92. The zero-order valence-electron chi connectivity index (χ0n) is 11.5. The maximum absolute atomic E-state index is 12.0. The predicted molar refractivity (Wildman–Crippen MR) is 75.1 cm³/mol. The average molecular weight is 296 g/mol. The van der Waals surface area contributed by atoms with Gasteiger partial charge in [-0.1, -0.05) is 6.07 Å². The zero-order chi connectivity index (χ0) is 15.4. The first kappa shape index (κ1) is 16.0. The van der Waals surface area contributed by atoms with Crippen molar-refractivity contribution in [2.24, 2.45) is 0 Å². The van der Waals surface area contributed by atoms with E-state index in [1.165, 1.54) is 19.9 Å². The molecule has 1 N–H and O–H groups in total. The van der Waals surface area contributed by atoms with Crippen LogP contribution in [0.1, 0.15) is 13.8 Å². The van der Waals surface area contributed by atoms with Gasteiger partial charge in [-0.15, -0.1) is 0 Å². The van der Waals surface area contributed by atoms with E-state index in [1.807, 2.05) is 6.07 Å². The average Bonchev–Trinajstić information content (AvgIpc) is 2.35. The van der Waals surface area contributed by atoms with Crippen molar-refractivity contribution in [2.45, 2.75) is 18.6 Å². The molecule has 0 heterocycles. The maximum atomic E-state index is 12.0. The van der Waals surface area contributed by atoms with Crippen LogP contribution in [0.4, 0.5) is 5.69 Å². The molecule has 7 heteroatoms. The molecule has 0 atom stereocenters. The third-order valence-electron chi connectivity index (χ3n) is 2.87. The Balaban J connectivity index is 2.89. The molecule has 0 aliphatic rings. The summed E-state index contributed by atoms with van der Waals surface area (Å²) in [7, 11) is -3.53. The largest absolute Gasteiger partial charge is 0.479 e. The third-order valence-corrected chi connectivity index (χ3v) is 4.91. The number of nitrogens with one attached hydrogen (secondary N) is 1. The van der Waals surface area contributed by atoms with E-state index in [-0.39, 0.29) is 6.61 Å². The number of carbonyl (C=O) groups excluding carboxylic acids is 1. The minimum absolute atomic E-state index is 0.105. The Kier molecular flexibility index (Phi) is 4.73. The fourth-order valence-electron chi connectivity index (χ4n) is 1.23. The number of ether oxygens (including phenoxy) is 1. The molecule has 0 radical (unpaired) electrons. The maximum Gasteiger partial charge on any atom is 0.245 e. The molecule has 0 saturated carbocycles. The summed E-state index contributed by atoms with van der Waals surface area (Å²) >= 11 is 0. The highest BCUT2D eigenvalue weighted by molar-refractivity contribution is 7.92. The molecule has 0 fully saturated rings. The lowest BCUT2D eigenvalue weighted by molar-refractivity contribution is -0.117. The van der Waals surface area contributed by atoms with Gasteiger partial charge >= 0.3 is 0 Å². The number of sulfone groups is 1. The number of hydrogen-bond donors (Lipinski definition) is 1.